The molecule has 30 heavy (non-hydrogen) atoms. The van der Waals surface area contributed by atoms with Crippen LogP contribution in [-0.4, -0.2) is 37.3 Å². The molecule has 152 valence electrons. The van der Waals surface area contributed by atoms with E-state index in [0.717, 1.165) is 21.8 Å². The molecule has 0 aliphatic rings. The Bertz CT molecular complexity index is 1100. The number of ether oxygens (including phenoxy) is 3. The van der Waals surface area contributed by atoms with Crippen molar-refractivity contribution in [3.8, 4) is 11.5 Å². The number of fused-ring (bicyclic) bond motifs is 2. The van der Waals surface area contributed by atoms with Crippen LogP contribution in [0.1, 0.15) is 10.4 Å². The molecular weight excluding hydrogens is 380 g/mol. The third-order valence-corrected chi connectivity index (χ3v) is 4.58. The minimum absolute atomic E-state index is 0.423. The van der Waals surface area contributed by atoms with Crippen LogP contribution < -0.4 is 15.2 Å². The second-order valence-electron chi connectivity index (χ2n) is 6.63. The fourth-order valence-electron chi connectivity index (χ4n) is 3.23. The van der Waals surface area contributed by atoms with Crippen LogP contribution in [0, 0.1) is 0 Å². The van der Waals surface area contributed by atoms with E-state index in [1.807, 2.05) is 48.5 Å². The summed E-state index contributed by atoms with van der Waals surface area (Å²) in [6, 6.07) is 22.1. The highest BCUT2D eigenvalue weighted by atomic mass is 16.5. The molecule has 6 heteroatoms. The summed E-state index contributed by atoms with van der Waals surface area (Å²) < 4.78 is 16.5. The van der Waals surface area contributed by atoms with Gasteiger partial charge in [0.25, 0.3) is 0 Å². The third kappa shape index (κ3) is 4.40. The number of nitrogens with two attached hydrogens (primary N) is 1. The summed E-state index contributed by atoms with van der Waals surface area (Å²) >= 11 is 0. The first-order chi connectivity index (χ1) is 14.8. The Labute approximate surface area is 174 Å². The van der Waals surface area contributed by atoms with Crippen molar-refractivity contribution in [1.29, 1.82) is 0 Å². The smallest absolute Gasteiger partial charge is 0.344 e. The fraction of sp³-hybridized carbons (Fsp3) is 0.167. The van der Waals surface area contributed by atoms with Crippen LogP contribution in [0.2, 0.25) is 0 Å². The summed E-state index contributed by atoms with van der Waals surface area (Å²) in [6.07, 6.45) is 0. The number of carbonyl (C=O) groups excluding carboxylic acids is 1. The molecule has 0 bridgehead atoms. The standard InChI is InChI=1S/C24H22N2O4/c25-13-14-28-15-16-29-17-9-11-18(12-10-17)30-24(27)23-19-5-1-3-7-21(19)26-22-8-4-2-6-20(22)23/h1-12H,13-16,25H2. The van der Waals surface area contributed by atoms with Crippen LogP contribution in [-0.2, 0) is 4.74 Å². The number of hydrogen-bond acceptors (Lipinski definition) is 6. The quantitative estimate of drug-likeness (QED) is 0.208. The first-order valence-corrected chi connectivity index (χ1v) is 9.76. The Morgan fingerprint density at radius 1 is 0.767 bits per heavy atom. The van der Waals surface area contributed by atoms with E-state index in [2.05, 4.69) is 4.98 Å². The normalized spacial score (nSPS) is 11.0. The van der Waals surface area contributed by atoms with Crippen LogP contribution in [0.25, 0.3) is 21.8 Å². The molecule has 0 saturated carbocycles. The maximum Gasteiger partial charge on any atom is 0.344 e. The summed E-state index contributed by atoms with van der Waals surface area (Å²) in [5.74, 6) is 0.691. The third-order valence-electron chi connectivity index (χ3n) is 4.58. The zero-order valence-corrected chi connectivity index (χ0v) is 16.4. The van der Waals surface area contributed by atoms with Gasteiger partial charge in [-0.2, -0.15) is 0 Å². The topological polar surface area (TPSA) is 83.7 Å². The Kier molecular flexibility index (Phi) is 6.17. The molecule has 1 aromatic heterocycles. The van der Waals surface area contributed by atoms with Gasteiger partial charge in [0.05, 0.1) is 29.8 Å². The number of rotatable bonds is 8. The molecule has 0 spiro atoms. The van der Waals surface area contributed by atoms with Crippen molar-refractivity contribution in [3.05, 3.63) is 78.4 Å². The van der Waals surface area contributed by atoms with Gasteiger partial charge in [-0.3, -0.25) is 0 Å². The monoisotopic (exact) mass is 402 g/mol. The van der Waals surface area contributed by atoms with Gasteiger partial charge >= 0.3 is 5.97 Å². The van der Waals surface area contributed by atoms with Crippen LogP contribution in [0.3, 0.4) is 0 Å². The van der Waals surface area contributed by atoms with E-state index in [0.29, 0.717) is 43.4 Å². The second kappa shape index (κ2) is 9.35. The Balaban J connectivity index is 1.53. The summed E-state index contributed by atoms with van der Waals surface area (Å²) in [5.41, 5.74) is 7.39. The molecule has 0 fully saturated rings. The Morgan fingerprint density at radius 3 is 2.00 bits per heavy atom. The predicted molar refractivity (Wildman–Crippen MR) is 116 cm³/mol. The van der Waals surface area contributed by atoms with Crippen LogP contribution in [0.5, 0.6) is 11.5 Å². The van der Waals surface area contributed by atoms with Gasteiger partial charge < -0.3 is 19.9 Å². The van der Waals surface area contributed by atoms with E-state index >= 15 is 0 Å². The van der Waals surface area contributed by atoms with Gasteiger partial charge in [0.15, 0.2) is 0 Å². The lowest BCUT2D eigenvalue weighted by atomic mass is 10.0. The van der Waals surface area contributed by atoms with Gasteiger partial charge in [-0.05, 0) is 36.4 Å². The molecule has 3 aromatic carbocycles. The fourth-order valence-corrected chi connectivity index (χ4v) is 3.23. The molecule has 4 aromatic rings. The number of nitrogens with zero attached hydrogens (tertiary/aromatic N) is 1. The molecule has 2 N–H and O–H groups in total. The first kappa shape index (κ1) is 19.8. The minimum atomic E-state index is -0.423. The predicted octanol–water partition coefficient (Wildman–Crippen LogP) is 3.96. The zero-order chi connectivity index (χ0) is 20.8. The van der Waals surface area contributed by atoms with E-state index in [1.165, 1.54) is 0 Å². The van der Waals surface area contributed by atoms with Gasteiger partial charge in [0.2, 0.25) is 0 Å². The van der Waals surface area contributed by atoms with E-state index in [-0.39, 0.29) is 0 Å². The first-order valence-electron chi connectivity index (χ1n) is 9.76. The number of hydrogen-bond donors (Lipinski definition) is 1. The maximum absolute atomic E-state index is 13.1. The second-order valence-corrected chi connectivity index (χ2v) is 6.63. The molecular formula is C24H22N2O4. The lowest BCUT2D eigenvalue weighted by molar-refractivity contribution is 0.0738. The van der Waals surface area contributed by atoms with Gasteiger partial charge in [-0.1, -0.05) is 36.4 Å². The average Bonchev–Trinajstić information content (AvgIpc) is 2.78. The molecule has 0 aliphatic heterocycles. The van der Waals surface area contributed by atoms with Crippen molar-refractivity contribution in [2.24, 2.45) is 5.73 Å². The van der Waals surface area contributed by atoms with Crippen molar-refractivity contribution in [1.82, 2.24) is 4.98 Å². The number of para-hydroxylation sites is 2. The number of pyridine rings is 1. The zero-order valence-electron chi connectivity index (χ0n) is 16.4. The molecule has 1 heterocycles. The van der Waals surface area contributed by atoms with Gasteiger partial charge in [-0.25, -0.2) is 9.78 Å². The summed E-state index contributed by atoms with van der Waals surface area (Å²) in [5, 5.41) is 1.53. The number of aromatic nitrogens is 1. The lowest BCUT2D eigenvalue weighted by Gasteiger charge is -2.11. The highest BCUT2D eigenvalue weighted by Gasteiger charge is 2.18. The van der Waals surface area contributed by atoms with Crippen molar-refractivity contribution < 1.29 is 19.0 Å². The summed E-state index contributed by atoms with van der Waals surface area (Å²) in [7, 11) is 0. The Hall–Kier alpha value is -3.48. The van der Waals surface area contributed by atoms with Gasteiger partial charge in [0, 0.05) is 17.3 Å². The number of esters is 1. The lowest BCUT2D eigenvalue weighted by Crippen LogP contribution is -2.13. The van der Waals surface area contributed by atoms with Crippen molar-refractivity contribution in [2.45, 2.75) is 0 Å². The van der Waals surface area contributed by atoms with E-state index < -0.39 is 5.97 Å². The largest absolute Gasteiger partial charge is 0.491 e. The molecule has 0 amide bonds. The van der Waals surface area contributed by atoms with Crippen molar-refractivity contribution in [2.75, 3.05) is 26.4 Å². The average molecular weight is 402 g/mol. The SMILES string of the molecule is NCCOCCOc1ccc(OC(=O)c2c3ccccc3nc3ccccc23)cc1. The van der Waals surface area contributed by atoms with Crippen LogP contribution in [0.4, 0.5) is 0 Å². The van der Waals surface area contributed by atoms with Gasteiger partial charge in [0.1, 0.15) is 18.1 Å². The van der Waals surface area contributed by atoms with E-state index in [1.54, 1.807) is 24.3 Å². The number of benzene rings is 3. The molecule has 0 radical (unpaired) electrons. The summed E-state index contributed by atoms with van der Waals surface area (Å²) in [4.78, 5) is 17.7. The summed E-state index contributed by atoms with van der Waals surface area (Å²) in [6.45, 7) is 1.89. The minimum Gasteiger partial charge on any atom is -0.491 e. The van der Waals surface area contributed by atoms with E-state index in [4.69, 9.17) is 19.9 Å². The number of carbonyl (C=O) groups is 1. The molecule has 0 unspecified atom stereocenters. The highest BCUT2D eigenvalue weighted by molar-refractivity contribution is 6.14. The van der Waals surface area contributed by atoms with Crippen LogP contribution >= 0.6 is 0 Å². The Morgan fingerprint density at radius 2 is 1.37 bits per heavy atom. The van der Waals surface area contributed by atoms with Crippen molar-refractivity contribution >= 4 is 27.8 Å². The molecule has 0 saturated heterocycles. The van der Waals surface area contributed by atoms with E-state index in [9.17, 15) is 4.79 Å². The van der Waals surface area contributed by atoms with Gasteiger partial charge in [-0.15, -0.1) is 0 Å². The molecule has 0 atom stereocenters. The molecule has 0 aliphatic carbocycles. The maximum atomic E-state index is 13.1. The molecule has 4 rings (SSSR count). The van der Waals surface area contributed by atoms with Crippen molar-refractivity contribution in [3.63, 3.8) is 0 Å². The highest BCUT2D eigenvalue weighted by Crippen LogP contribution is 2.27. The molecule has 6 nitrogen and oxygen atoms in total. The van der Waals surface area contributed by atoms with Crippen LogP contribution in [0.15, 0.2) is 72.8 Å².